The number of carboxylic acid groups (broad SMARTS) is 1. The number of alkyl halides is 2. The van der Waals surface area contributed by atoms with Crippen LogP contribution in [0.5, 0.6) is 0 Å². The Hall–Kier alpha value is -0.550. The molecule has 1 aliphatic carbocycles. The van der Waals surface area contributed by atoms with E-state index in [1.165, 1.54) is 0 Å². The Morgan fingerprint density at radius 2 is 1.97 bits per heavy atom. The number of aliphatic carboxylic acids is 1. The van der Waals surface area contributed by atoms with E-state index in [4.69, 9.17) is 28.3 Å². The van der Waals surface area contributed by atoms with Crippen LogP contribution >= 0.6 is 23.2 Å². The lowest BCUT2D eigenvalue weighted by Crippen LogP contribution is -2.20. The molecule has 2 unspecified atom stereocenters. The van der Waals surface area contributed by atoms with Gasteiger partial charge < -0.3 is 15.3 Å². The number of aliphatic hydroxyl groups is 2. The quantitative estimate of drug-likeness (QED) is 0.245. The average Bonchev–Trinajstić information content (AvgIpc) is 2.94. The van der Waals surface area contributed by atoms with E-state index in [0.29, 0.717) is 25.1 Å². The number of rotatable bonds is 14. The van der Waals surface area contributed by atoms with Crippen LogP contribution in [0.3, 0.4) is 0 Å². The molecule has 168 valence electrons. The molecule has 0 saturated heterocycles. The minimum Gasteiger partial charge on any atom is -0.481 e. The molecular weight excluding hydrogens is 411 g/mol. The van der Waals surface area contributed by atoms with E-state index >= 15 is 0 Å². The molecule has 4 nitrogen and oxygen atoms in total. The van der Waals surface area contributed by atoms with Gasteiger partial charge in [0.05, 0.1) is 18.1 Å². The molecule has 1 rings (SSSR count). The lowest BCUT2D eigenvalue weighted by atomic mass is 9.89. The molecule has 0 spiro atoms. The Balaban J connectivity index is 2.54. The fourth-order valence-electron chi connectivity index (χ4n) is 4.08. The number of aliphatic hydroxyl groups excluding tert-OH is 2. The van der Waals surface area contributed by atoms with Crippen molar-refractivity contribution in [1.29, 1.82) is 0 Å². The molecule has 1 fully saturated rings. The van der Waals surface area contributed by atoms with Crippen molar-refractivity contribution in [3.63, 3.8) is 0 Å². The van der Waals surface area contributed by atoms with Crippen molar-refractivity contribution in [2.45, 2.75) is 82.8 Å². The molecule has 1 aliphatic rings. The second-order valence-corrected chi connectivity index (χ2v) is 9.25. The second-order valence-electron chi connectivity index (χ2n) is 8.31. The number of hydrogen-bond acceptors (Lipinski definition) is 3. The van der Waals surface area contributed by atoms with Gasteiger partial charge in [0.1, 0.15) is 0 Å². The Labute approximate surface area is 186 Å². The fraction of sp³-hybridized carbons (Fsp3) is 0.783. The summed E-state index contributed by atoms with van der Waals surface area (Å²) in [7, 11) is 0. The Morgan fingerprint density at radius 1 is 1.24 bits per heavy atom. The van der Waals surface area contributed by atoms with Crippen LogP contribution in [0, 0.1) is 23.7 Å². The van der Waals surface area contributed by atoms with Gasteiger partial charge in [0.2, 0.25) is 0 Å². The maximum Gasteiger partial charge on any atom is 0.306 e. The van der Waals surface area contributed by atoms with Gasteiger partial charge in [-0.3, -0.25) is 4.79 Å². The summed E-state index contributed by atoms with van der Waals surface area (Å²) in [6, 6.07) is 0. The molecule has 0 amide bonds. The first-order valence-electron chi connectivity index (χ1n) is 10.9. The van der Waals surface area contributed by atoms with Gasteiger partial charge in [0.15, 0.2) is 0 Å². The zero-order chi connectivity index (χ0) is 21.8. The van der Waals surface area contributed by atoms with Crippen LogP contribution in [0.25, 0.3) is 0 Å². The molecule has 0 heterocycles. The molecule has 0 aliphatic heterocycles. The van der Waals surface area contributed by atoms with E-state index in [-0.39, 0.29) is 35.2 Å². The topological polar surface area (TPSA) is 77.8 Å². The minimum atomic E-state index is -0.765. The van der Waals surface area contributed by atoms with Crippen LogP contribution < -0.4 is 0 Å². The van der Waals surface area contributed by atoms with E-state index in [9.17, 15) is 15.0 Å². The van der Waals surface area contributed by atoms with E-state index in [1.807, 2.05) is 18.2 Å². The third-order valence-electron chi connectivity index (χ3n) is 6.15. The summed E-state index contributed by atoms with van der Waals surface area (Å²) in [6.07, 6.45) is 13.2. The second kappa shape index (κ2) is 14.5. The van der Waals surface area contributed by atoms with Gasteiger partial charge in [0, 0.05) is 17.2 Å². The first-order chi connectivity index (χ1) is 13.8. The zero-order valence-electron chi connectivity index (χ0n) is 17.7. The summed E-state index contributed by atoms with van der Waals surface area (Å²) in [4.78, 5) is 10.9. The number of carboxylic acids is 1. The number of allylic oxidation sites excluding steroid dienone is 2. The van der Waals surface area contributed by atoms with E-state index in [0.717, 1.165) is 32.1 Å². The van der Waals surface area contributed by atoms with Crippen LogP contribution in [0.2, 0.25) is 0 Å². The molecule has 6 heteroatoms. The van der Waals surface area contributed by atoms with Crippen molar-refractivity contribution in [2.75, 3.05) is 5.88 Å². The monoisotopic (exact) mass is 448 g/mol. The Bertz CT molecular complexity index is 523. The molecular formula is C23H38Cl2O4. The highest BCUT2D eigenvalue weighted by atomic mass is 35.5. The van der Waals surface area contributed by atoms with Crippen molar-refractivity contribution in [2.24, 2.45) is 23.7 Å². The molecule has 1 saturated carbocycles. The predicted molar refractivity (Wildman–Crippen MR) is 121 cm³/mol. The third kappa shape index (κ3) is 9.42. The van der Waals surface area contributed by atoms with Crippen LogP contribution in [0.1, 0.15) is 65.2 Å². The highest BCUT2D eigenvalue weighted by Gasteiger charge is 2.39. The summed E-state index contributed by atoms with van der Waals surface area (Å²) in [5.41, 5.74) is 0. The van der Waals surface area contributed by atoms with Crippen LogP contribution in [0.15, 0.2) is 24.3 Å². The van der Waals surface area contributed by atoms with Crippen LogP contribution in [0.4, 0.5) is 0 Å². The largest absolute Gasteiger partial charge is 0.481 e. The summed E-state index contributed by atoms with van der Waals surface area (Å²) < 4.78 is 0. The zero-order valence-corrected chi connectivity index (χ0v) is 19.2. The summed E-state index contributed by atoms with van der Waals surface area (Å²) in [5, 5.41) is 29.7. The SMILES string of the molecule is CCC(CCCCl)[C@@H](O)CC=C[C@@H]1[C@@H](CC=CCCC(C)C(=O)O)[C@H](Cl)C[C@H]1O. The highest BCUT2D eigenvalue weighted by molar-refractivity contribution is 6.21. The van der Waals surface area contributed by atoms with E-state index < -0.39 is 12.1 Å². The standard InChI is InChI=1S/C23H38Cl2O4/c1-3-17(10-8-14-24)21(26)13-7-12-19-18(20(25)15-22(19)27)11-6-4-5-9-16(2)23(28)29/h4,6-7,12,16-22,26-27H,3,5,8-11,13-15H2,1-2H3,(H,28,29)/t16?,17?,18-,19-,20-,21+,22-/m1/s1. The van der Waals surface area contributed by atoms with Gasteiger partial charge in [0.25, 0.3) is 0 Å². The first kappa shape index (κ1) is 26.5. The smallest absolute Gasteiger partial charge is 0.306 e. The molecule has 0 aromatic heterocycles. The maximum atomic E-state index is 10.9. The average molecular weight is 449 g/mol. The van der Waals surface area contributed by atoms with Crippen molar-refractivity contribution < 1.29 is 20.1 Å². The number of hydrogen-bond donors (Lipinski definition) is 3. The van der Waals surface area contributed by atoms with Gasteiger partial charge >= 0.3 is 5.97 Å². The molecule has 0 aromatic carbocycles. The van der Waals surface area contributed by atoms with E-state index in [1.54, 1.807) is 6.92 Å². The summed E-state index contributed by atoms with van der Waals surface area (Å²) >= 11 is 12.2. The maximum absolute atomic E-state index is 10.9. The van der Waals surface area contributed by atoms with Gasteiger partial charge in [-0.15, -0.1) is 23.2 Å². The van der Waals surface area contributed by atoms with Crippen molar-refractivity contribution in [3.8, 4) is 0 Å². The lowest BCUT2D eigenvalue weighted by molar-refractivity contribution is -0.141. The molecule has 0 radical (unpaired) electrons. The first-order valence-corrected chi connectivity index (χ1v) is 11.9. The van der Waals surface area contributed by atoms with Gasteiger partial charge in [-0.2, -0.15) is 0 Å². The minimum absolute atomic E-state index is 0.0183. The van der Waals surface area contributed by atoms with Crippen molar-refractivity contribution in [3.05, 3.63) is 24.3 Å². The van der Waals surface area contributed by atoms with Crippen molar-refractivity contribution in [1.82, 2.24) is 0 Å². The highest BCUT2D eigenvalue weighted by Crippen LogP contribution is 2.39. The predicted octanol–water partition coefficient (Wildman–Crippen LogP) is 5.39. The summed E-state index contributed by atoms with van der Waals surface area (Å²) in [5.74, 6) is -0.110. The van der Waals surface area contributed by atoms with Crippen LogP contribution in [-0.2, 0) is 4.79 Å². The third-order valence-corrected chi connectivity index (χ3v) is 6.91. The number of carbonyl (C=O) groups is 1. The van der Waals surface area contributed by atoms with E-state index in [2.05, 4.69) is 13.0 Å². The molecule has 3 N–H and O–H groups in total. The van der Waals surface area contributed by atoms with Crippen LogP contribution in [-0.4, -0.2) is 44.8 Å². The number of halogens is 2. The molecule has 0 aromatic rings. The Kier molecular flexibility index (Phi) is 13.2. The molecule has 7 atom stereocenters. The van der Waals surface area contributed by atoms with Gasteiger partial charge in [-0.25, -0.2) is 0 Å². The lowest BCUT2D eigenvalue weighted by Gasteiger charge is -2.21. The van der Waals surface area contributed by atoms with Gasteiger partial charge in [-0.05, 0) is 56.8 Å². The summed E-state index contributed by atoms with van der Waals surface area (Å²) in [6.45, 7) is 3.80. The Morgan fingerprint density at radius 3 is 2.59 bits per heavy atom. The molecule has 0 bridgehead atoms. The van der Waals surface area contributed by atoms with Gasteiger partial charge in [-0.1, -0.05) is 44.6 Å². The molecule has 29 heavy (non-hydrogen) atoms. The van der Waals surface area contributed by atoms with Crippen molar-refractivity contribution >= 4 is 29.2 Å². The fourth-order valence-corrected chi connectivity index (χ4v) is 4.69. The normalized spacial score (nSPS) is 28.2.